The number of fused-ring (bicyclic) bond motifs is 1. The molecule has 1 aliphatic rings. The number of nitrogens with zero attached hydrogens (tertiary/aromatic N) is 3. The van der Waals surface area contributed by atoms with Gasteiger partial charge in [0, 0.05) is 17.5 Å². The molecule has 1 aromatic heterocycles. The van der Waals surface area contributed by atoms with Crippen LogP contribution >= 0.6 is 11.6 Å². The van der Waals surface area contributed by atoms with Crippen molar-refractivity contribution in [3.63, 3.8) is 0 Å². The van der Waals surface area contributed by atoms with E-state index in [0.717, 1.165) is 44.9 Å². The van der Waals surface area contributed by atoms with Gasteiger partial charge in [0.1, 0.15) is 11.6 Å². The van der Waals surface area contributed by atoms with Gasteiger partial charge in [-0.1, -0.05) is 44.2 Å². The van der Waals surface area contributed by atoms with Crippen LogP contribution in [0.4, 0.5) is 0 Å². The first kappa shape index (κ1) is 25.2. The van der Waals surface area contributed by atoms with Crippen LogP contribution in [0.3, 0.4) is 0 Å². The Morgan fingerprint density at radius 1 is 1.17 bits per heavy atom. The lowest BCUT2D eigenvalue weighted by atomic mass is 10.0. The summed E-state index contributed by atoms with van der Waals surface area (Å²) >= 11 is 6.25. The molecule has 1 fully saturated rings. The highest BCUT2D eigenvalue weighted by atomic mass is 35.5. The van der Waals surface area contributed by atoms with Crippen molar-refractivity contribution in [2.24, 2.45) is 5.92 Å². The van der Waals surface area contributed by atoms with E-state index in [0.29, 0.717) is 39.7 Å². The van der Waals surface area contributed by atoms with Crippen LogP contribution in [-0.2, 0) is 4.79 Å². The fourth-order valence-electron chi connectivity index (χ4n) is 5.01. The number of methoxy groups -OCH3 is 1. The Bertz CT molecular complexity index is 1230. The summed E-state index contributed by atoms with van der Waals surface area (Å²) in [6.45, 7) is 4.79. The fourth-order valence-corrected chi connectivity index (χ4v) is 5.18. The third-order valence-corrected chi connectivity index (χ3v) is 7.25. The van der Waals surface area contributed by atoms with E-state index in [4.69, 9.17) is 21.3 Å². The first-order valence-corrected chi connectivity index (χ1v) is 13.0. The predicted molar refractivity (Wildman–Crippen MR) is 141 cm³/mol. The lowest BCUT2D eigenvalue weighted by Gasteiger charge is -2.32. The second kappa shape index (κ2) is 11.3. The number of rotatable bonds is 9. The minimum absolute atomic E-state index is 0.0511. The van der Waals surface area contributed by atoms with E-state index >= 15 is 0 Å². The van der Waals surface area contributed by atoms with E-state index in [2.05, 4.69) is 6.92 Å². The molecule has 2 aromatic carbocycles. The summed E-state index contributed by atoms with van der Waals surface area (Å²) in [6, 6.07) is 12.1. The molecular weight excluding hydrogens is 462 g/mol. The molecule has 186 valence electrons. The Morgan fingerprint density at radius 2 is 1.89 bits per heavy atom. The van der Waals surface area contributed by atoms with Crippen molar-refractivity contribution >= 4 is 28.4 Å². The third kappa shape index (κ3) is 5.37. The molecular formula is C28H34ClN3O3. The van der Waals surface area contributed by atoms with Crippen molar-refractivity contribution in [3.05, 3.63) is 63.7 Å². The summed E-state index contributed by atoms with van der Waals surface area (Å²) in [5, 5.41) is 1.01. The van der Waals surface area contributed by atoms with Crippen LogP contribution in [0, 0.1) is 5.92 Å². The monoisotopic (exact) mass is 495 g/mol. The molecule has 1 saturated carbocycles. The molecule has 35 heavy (non-hydrogen) atoms. The molecule has 0 spiro atoms. The Kier molecular flexibility index (Phi) is 8.11. The molecule has 0 aliphatic heterocycles. The van der Waals surface area contributed by atoms with Crippen LogP contribution in [0.25, 0.3) is 16.6 Å². The molecule has 1 heterocycles. The molecule has 4 rings (SSSR count). The van der Waals surface area contributed by atoms with Gasteiger partial charge in [-0.15, -0.1) is 0 Å². The van der Waals surface area contributed by atoms with Crippen molar-refractivity contribution in [2.45, 2.75) is 64.8 Å². The maximum Gasteiger partial charge on any atom is 0.266 e. The van der Waals surface area contributed by atoms with Gasteiger partial charge in [0.15, 0.2) is 0 Å². The van der Waals surface area contributed by atoms with Gasteiger partial charge in [-0.3, -0.25) is 14.2 Å². The van der Waals surface area contributed by atoms with Gasteiger partial charge in [-0.2, -0.15) is 0 Å². The Labute approximate surface area is 211 Å². The summed E-state index contributed by atoms with van der Waals surface area (Å²) in [5.41, 5.74) is 1.04. The number of carbonyl (C=O) groups excluding carboxylic acids is 1. The van der Waals surface area contributed by atoms with E-state index in [9.17, 15) is 9.59 Å². The predicted octanol–water partition coefficient (Wildman–Crippen LogP) is 6.32. The topological polar surface area (TPSA) is 64.4 Å². The van der Waals surface area contributed by atoms with Crippen LogP contribution in [0.1, 0.15) is 70.7 Å². The SMILES string of the molecule is CCCCCN(C(=O)C1CCCC1)C(C)c1nc2cc(Cl)ccc2c(=O)n1-c1ccc(OC)cc1. The van der Waals surface area contributed by atoms with E-state index in [-0.39, 0.29) is 23.4 Å². The summed E-state index contributed by atoms with van der Waals surface area (Å²) in [4.78, 5) is 34.3. The molecule has 0 radical (unpaired) electrons. The molecule has 6 nitrogen and oxygen atoms in total. The zero-order valence-electron chi connectivity index (χ0n) is 20.8. The minimum Gasteiger partial charge on any atom is -0.497 e. The summed E-state index contributed by atoms with van der Waals surface area (Å²) in [7, 11) is 1.61. The van der Waals surface area contributed by atoms with E-state index in [1.54, 1.807) is 29.9 Å². The number of hydrogen-bond donors (Lipinski definition) is 0. The fraction of sp³-hybridized carbons (Fsp3) is 0.464. The number of carbonyl (C=O) groups is 1. The second-order valence-electron chi connectivity index (χ2n) is 9.37. The van der Waals surface area contributed by atoms with Gasteiger partial charge in [0.05, 0.1) is 29.7 Å². The van der Waals surface area contributed by atoms with Gasteiger partial charge in [0.25, 0.3) is 5.56 Å². The Balaban J connectivity index is 1.86. The van der Waals surface area contributed by atoms with Crippen molar-refractivity contribution < 1.29 is 9.53 Å². The quantitative estimate of drug-likeness (QED) is 0.326. The van der Waals surface area contributed by atoms with Crippen LogP contribution in [-0.4, -0.2) is 34.0 Å². The Morgan fingerprint density at radius 3 is 2.54 bits per heavy atom. The first-order valence-electron chi connectivity index (χ1n) is 12.6. The lowest BCUT2D eigenvalue weighted by molar-refractivity contribution is -0.137. The first-order chi connectivity index (χ1) is 16.9. The highest BCUT2D eigenvalue weighted by molar-refractivity contribution is 6.31. The van der Waals surface area contributed by atoms with Gasteiger partial charge < -0.3 is 9.64 Å². The van der Waals surface area contributed by atoms with Gasteiger partial charge in [-0.25, -0.2) is 4.98 Å². The van der Waals surface area contributed by atoms with Crippen LogP contribution in [0.2, 0.25) is 5.02 Å². The number of unbranched alkanes of at least 4 members (excludes halogenated alkanes) is 2. The van der Waals surface area contributed by atoms with E-state index in [1.807, 2.05) is 36.1 Å². The zero-order chi connectivity index (χ0) is 24.9. The molecule has 1 atom stereocenters. The van der Waals surface area contributed by atoms with Crippen LogP contribution < -0.4 is 10.3 Å². The molecule has 7 heteroatoms. The number of ether oxygens (including phenoxy) is 1. The van der Waals surface area contributed by atoms with Crippen LogP contribution in [0.5, 0.6) is 5.75 Å². The van der Waals surface area contributed by atoms with Gasteiger partial charge >= 0.3 is 0 Å². The molecule has 1 amide bonds. The van der Waals surface area contributed by atoms with Crippen molar-refractivity contribution in [1.29, 1.82) is 0 Å². The van der Waals surface area contributed by atoms with Gasteiger partial charge in [0.2, 0.25) is 5.91 Å². The van der Waals surface area contributed by atoms with Gasteiger partial charge in [-0.05, 0) is 68.7 Å². The van der Waals surface area contributed by atoms with E-state index < -0.39 is 0 Å². The lowest BCUT2D eigenvalue weighted by Crippen LogP contribution is -2.40. The molecule has 0 N–H and O–H groups in total. The highest BCUT2D eigenvalue weighted by Crippen LogP contribution is 2.31. The molecule has 0 saturated heterocycles. The smallest absolute Gasteiger partial charge is 0.266 e. The maximum absolute atomic E-state index is 13.8. The average molecular weight is 496 g/mol. The normalized spacial score (nSPS) is 14.9. The standard InChI is InChI=1S/C28H34ClN3O3/c1-4-5-8-17-31(27(33)20-9-6-7-10-20)19(2)26-30-25-18-21(29)11-16-24(25)28(34)32(26)22-12-14-23(35-3)15-13-22/h11-16,18-20H,4-10,17H2,1-3H3. The zero-order valence-corrected chi connectivity index (χ0v) is 21.6. The van der Waals surface area contributed by atoms with Crippen LogP contribution in [0.15, 0.2) is 47.3 Å². The molecule has 1 unspecified atom stereocenters. The highest BCUT2D eigenvalue weighted by Gasteiger charge is 2.32. The molecule has 0 bridgehead atoms. The van der Waals surface area contributed by atoms with Crippen molar-refractivity contribution in [3.8, 4) is 11.4 Å². The second-order valence-corrected chi connectivity index (χ2v) is 9.80. The van der Waals surface area contributed by atoms with Crippen molar-refractivity contribution in [2.75, 3.05) is 13.7 Å². The largest absolute Gasteiger partial charge is 0.497 e. The molecule has 1 aliphatic carbocycles. The average Bonchev–Trinajstić information content (AvgIpc) is 3.41. The van der Waals surface area contributed by atoms with Crippen molar-refractivity contribution in [1.82, 2.24) is 14.5 Å². The molecule has 3 aromatic rings. The number of halogens is 1. The maximum atomic E-state index is 13.8. The number of hydrogen-bond acceptors (Lipinski definition) is 4. The summed E-state index contributed by atoms with van der Waals surface area (Å²) < 4.78 is 6.94. The number of aromatic nitrogens is 2. The number of amides is 1. The van der Waals surface area contributed by atoms with E-state index in [1.165, 1.54) is 0 Å². The third-order valence-electron chi connectivity index (χ3n) is 7.02. The summed E-state index contributed by atoms with van der Waals surface area (Å²) in [6.07, 6.45) is 7.10. The minimum atomic E-state index is -0.377. The summed E-state index contributed by atoms with van der Waals surface area (Å²) in [5.74, 6) is 1.47. The number of benzene rings is 2. The Hall–Kier alpha value is -2.86.